The molecule has 0 fully saturated rings. The first-order chi connectivity index (χ1) is 12.8. The zero-order chi connectivity index (χ0) is 19.3. The predicted molar refractivity (Wildman–Crippen MR) is 83.3 cm³/mol. The number of anilines is 1. The van der Waals surface area contributed by atoms with E-state index in [1.54, 1.807) is 5.32 Å². The molecule has 0 bridgehead atoms. The third-order valence-electron chi connectivity index (χ3n) is 4.00. The van der Waals surface area contributed by atoms with Crippen LogP contribution in [0.4, 0.5) is 18.9 Å². The Morgan fingerprint density at radius 2 is 2.00 bits per heavy atom. The number of imidazole rings is 1. The van der Waals surface area contributed by atoms with E-state index in [2.05, 4.69) is 15.1 Å². The van der Waals surface area contributed by atoms with Crippen molar-refractivity contribution in [1.82, 2.24) is 24.3 Å². The second kappa shape index (κ2) is 5.65. The molecule has 2 N–H and O–H groups in total. The molecule has 0 radical (unpaired) electrons. The number of aromatic carboxylic acids is 1. The molecule has 0 aliphatic carbocycles. The third kappa shape index (κ3) is 2.70. The molecule has 1 aliphatic heterocycles. The molecule has 3 heterocycles. The Bertz CT molecular complexity index is 1080. The molecule has 0 spiro atoms. The molecule has 0 atom stereocenters. The monoisotopic (exact) mass is 378 g/mol. The zero-order valence-corrected chi connectivity index (χ0v) is 13.2. The number of benzene rings is 1. The van der Waals surface area contributed by atoms with Gasteiger partial charge in [-0.3, -0.25) is 9.36 Å². The highest BCUT2D eigenvalue weighted by Gasteiger charge is 2.38. The van der Waals surface area contributed by atoms with Crippen molar-refractivity contribution < 1.29 is 27.9 Å². The van der Waals surface area contributed by atoms with Crippen LogP contribution in [0, 0.1) is 0 Å². The minimum Gasteiger partial charge on any atom is -0.476 e. The van der Waals surface area contributed by atoms with Gasteiger partial charge in [0.2, 0.25) is 0 Å². The van der Waals surface area contributed by atoms with Gasteiger partial charge in [-0.1, -0.05) is 0 Å². The highest BCUT2D eigenvalue weighted by molar-refractivity contribution is 5.96. The van der Waals surface area contributed by atoms with Crippen LogP contribution in [0.15, 0.2) is 30.9 Å². The number of rotatable bonds is 2. The van der Waals surface area contributed by atoms with Crippen molar-refractivity contribution in [2.45, 2.75) is 12.7 Å². The first kappa shape index (κ1) is 16.8. The van der Waals surface area contributed by atoms with Crippen LogP contribution in [-0.2, 0) is 11.3 Å². The lowest BCUT2D eigenvalue weighted by Gasteiger charge is -2.12. The molecule has 0 saturated carbocycles. The summed E-state index contributed by atoms with van der Waals surface area (Å²) in [5, 5.41) is 15.1. The molecule has 9 nitrogen and oxygen atoms in total. The lowest BCUT2D eigenvalue weighted by atomic mass is 10.1. The molecule has 0 unspecified atom stereocenters. The van der Waals surface area contributed by atoms with Gasteiger partial charge < -0.3 is 10.4 Å². The highest BCUT2D eigenvalue weighted by atomic mass is 19.4. The molecule has 1 aliphatic rings. The number of carboxylic acid groups (broad SMARTS) is 1. The summed E-state index contributed by atoms with van der Waals surface area (Å²) in [6.07, 6.45) is -2.48. The summed E-state index contributed by atoms with van der Waals surface area (Å²) in [6, 6.07) is 4.04. The molecule has 2 aromatic heterocycles. The quantitative estimate of drug-likeness (QED) is 0.549. The average Bonchev–Trinajstić information content (AvgIpc) is 3.19. The molecule has 12 heteroatoms. The summed E-state index contributed by atoms with van der Waals surface area (Å²) >= 11 is 0. The van der Waals surface area contributed by atoms with Gasteiger partial charge in [0, 0.05) is 11.3 Å². The van der Waals surface area contributed by atoms with Gasteiger partial charge in [0.05, 0.1) is 17.9 Å². The number of nitrogens with zero attached hydrogens (tertiary/aromatic N) is 5. The molecule has 27 heavy (non-hydrogen) atoms. The summed E-state index contributed by atoms with van der Waals surface area (Å²) in [7, 11) is 0. The Morgan fingerprint density at radius 1 is 1.22 bits per heavy atom. The number of amides is 1. The van der Waals surface area contributed by atoms with E-state index in [1.807, 2.05) is 0 Å². The van der Waals surface area contributed by atoms with Crippen LogP contribution in [-0.4, -0.2) is 47.5 Å². The lowest BCUT2D eigenvalue weighted by Crippen LogP contribution is -2.29. The molecule has 1 aromatic carbocycles. The number of fused-ring (bicyclic) bond motifs is 5. The topological polar surface area (TPSA) is 115 Å². The van der Waals surface area contributed by atoms with Gasteiger partial charge in [0.1, 0.15) is 12.7 Å². The second-order valence-electron chi connectivity index (χ2n) is 5.64. The van der Waals surface area contributed by atoms with Gasteiger partial charge in [-0.15, -0.1) is 0 Å². The maximum Gasteiger partial charge on any atom is 0.471 e. The van der Waals surface area contributed by atoms with Crippen LogP contribution in [0.1, 0.15) is 16.2 Å². The van der Waals surface area contributed by atoms with Crippen LogP contribution in [0.3, 0.4) is 0 Å². The van der Waals surface area contributed by atoms with Crippen LogP contribution >= 0.6 is 0 Å². The van der Waals surface area contributed by atoms with Crippen molar-refractivity contribution in [3.05, 3.63) is 42.2 Å². The average molecular weight is 378 g/mol. The SMILES string of the molecule is O=C(O)c1ncn2c1Cn1ncnc1-c1cc(NC(=O)C(F)(F)F)ccc1-2. The van der Waals surface area contributed by atoms with Gasteiger partial charge in [0.25, 0.3) is 0 Å². The number of carboxylic acids is 1. The lowest BCUT2D eigenvalue weighted by molar-refractivity contribution is -0.167. The zero-order valence-electron chi connectivity index (χ0n) is 13.2. The van der Waals surface area contributed by atoms with Crippen LogP contribution in [0.2, 0.25) is 0 Å². The summed E-state index contributed by atoms with van der Waals surface area (Å²) in [6.45, 7) is 0.0515. The number of hydrogen-bond donors (Lipinski definition) is 2. The van der Waals surface area contributed by atoms with Crippen molar-refractivity contribution in [3.63, 3.8) is 0 Å². The number of carbonyl (C=O) groups is 2. The minimum absolute atomic E-state index is 0.0515. The third-order valence-corrected chi connectivity index (χ3v) is 4.00. The van der Waals surface area contributed by atoms with E-state index in [1.165, 1.54) is 40.1 Å². The van der Waals surface area contributed by atoms with E-state index in [0.29, 0.717) is 22.8 Å². The van der Waals surface area contributed by atoms with Crippen molar-refractivity contribution in [2.24, 2.45) is 0 Å². The Kier molecular flexibility index (Phi) is 3.51. The highest BCUT2D eigenvalue weighted by Crippen LogP contribution is 2.33. The molecule has 0 saturated heterocycles. The number of carbonyl (C=O) groups excluding carboxylic acids is 1. The van der Waals surface area contributed by atoms with Crippen molar-refractivity contribution in [3.8, 4) is 17.1 Å². The van der Waals surface area contributed by atoms with Gasteiger partial charge in [-0.2, -0.15) is 18.3 Å². The number of alkyl halides is 3. The molecule has 138 valence electrons. The van der Waals surface area contributed by atoms with Gasteiger partial charge in [-0.25, -0.2) is 19.4 Å². The van der Waals surface area contributed by atoms with Crippen LogP contribution in [0.25, 0.3) is 17.1 Å². The van der Waals surface area contributed by atoms with E-state index in [4.69, 9.17) is 0 Å². The minimum atomic E-state index is -5.03. The first-order valence-corrected chi connectivity index (χ1v) is 7.46. The summed E-state index contributed by atoms with van der Waals surface area (Å²) in [4.78, 5) is 30.6. The molecule has 1 amide bonds. The second-order valence-corrected chi connectivity index (χ2v) is 5.64. The van der Waals surface area contributed by atoms with Gasteiger partial charge in [-0.05, 0) is 18.2 Å². The van der Waals surface area contributed by atoms with E-state index in [0.717, 1.165) is 0 Å². The fourth-order valence-corrected chi connectivity index (χ4v) is 2.85. The van der Waals surface area contributed by atoms with E-state index in [-0.39, 0.29) is 17.9 Å². The predicted octanol–water partition coefficient (Wildman–Crippen LogP) is 1.69. The van der Waals surface area contributed by atoms with Crippen molar-refractivity contribution >= 4 is 17.6 Å². The van der Waals surface area contributed by atoms with Crippen molar-refractivity contribution in [1.29, 1.82) is 0 Å². The summed E-state index contributed by atoms with van der Waals surface area (Å²) in [5.41, 5.74) is 0.883. The summed E-state index contributed by atoms with van der Waals surface area (Å²) < 4.78 is 40.4. The standard InChI is InChI=1S/C15H9F3N6O3/c16-15(17,18)14(27)22-7-1-2-9-8(3-7)12-19-5-21-24(12)4-10-11(13(25)26)20-6-23(9)10/h1-3,5-6H,4H2,(H,22,27)(H,25,26). The van der Waals surface area contributed by atoms with E-state index in [9.17, 15) is 27.9 Å². The normalized spacial score (nSPS) is 12.6. The molecular formula is C15H9F3N6O3. The largest absolute Gasteiger partial charge is 0.476 e. The smallest absolute Gasteiger partial charge is 0.471 e. The molecular weight excluding hydrogens is 369 g/mol. The fourth-order valence-electron chi connectivity index (χ4n) is 2.85. The number of nitrogens with one attached hydrogen (secondary N) is 1. The fraction of sp³-hybridized carbons (Fsp3) is 0.133. The number of hydrogen-bond acceptors (Lipinski definition) is 5. The number of halogens is 3. The van der Waals surface area contributed by atoms with Gasteiger partial charge >= 0.3 is 18.1 Å². The molecule has 4 rings (SSSR count). The first-order valence-electron chi connectivity index (χ1n) is 7.46. The Hall–Kier alpha value is -3.70. The number of aromatic nitrogens is 5. The van der Waals surface area contributed by atoms with Crippen molar-refractivity contribution in [2.75, 3.05) is 5.32 Å². The summed E-state index contributed by atoms with van der Waals surface area (Å²) in [5.74, 6) is -3.01. The Balaban J connectivity index is 1.87. The maximum absolute atomic E-state index is 12.5. The van der Waals surface area contributed by atoms with Gasteiger partial charge in [0.15, 0.2) is 11.5 Å². The Morgan fingerprint density at radius 3 is 2.70 bits per heavy atom. The van der Waals surface area contributed by atoms with E-state index >= 15 is 0 Å². The Labute approximate surface area is 148 Å². The maximum atomic E-state index is 12.5. The van der Waals surface area contributed by atoms with E-state index < -0.39 is 18.1 Å². The van der Waals surface area contributed by atoms with Crippen LogP contribution < -0.4 is 5.32 Å². The molecule has 3 aromatic rings. The van der Waals surface area contributed by atoms with Crippen LogP contribution in [0.5, 0.6) is 0 Å².